The highest BCUT2D eigenvalue weighted by Crippen LogP contribution is 2.21. The summed E-state index contributed by atoms with van der Waals surface area (Å²) in [6.07, 6.45) is 3.32. The second-order valence-electron chi connectivity index (χ2n) is 5.48. The number of hydrogen-bond donors (Lipinski definition) is 3. The third-order valence-electron chi connectivity index (χ3n) is 3.56. The zero-order valence-corrected chi connectivity index (χ0v) is 15.0. The predicted molar refractivity (Wildman–Crippen MR) is 112 cm³/mol. The molecule has 0 aliphatic carbocycles. The van der Waals surface area contributed by atoms with Crippen LogP contribution in [0.2, 0.25) is 0 Å². The van der Waals surface area contributed by atoms with E-state index in [0.29, 0.717) is 11.7 Å². The SMILES string of the molecule is C=CCNC(=S)Nc1ccc(Nc2cc(-c3ccccc3)ncn2)cc1. The number of rotatable bonds is 6. The van der Waals surface area contributed by atoms with E-state index in [2.05, 4.69) is 32.5 Å². The maximum absolute atomic E-state index is 5.20. The zero-order valence-electron chi connectivity index (χ0n) is 14.1. The molecule has 130 valence electrons. The van der Waals surface area contributed by atoms with Crippen molar-refractivity contribution in [1.29, 1.82) is 0 Å². The molecule has 0 radical (unpaired) electrons. The van der Waals surface area contributed by atoms with Gasteiger partial charge in [0.15, 0.2) is 5.11 Å². The molecule has 0 saturated carbocycles. The number of benzene rings is 2. The maximum atomic E-state index is 5.20. The van der Waals surface area contributed by atoms with Gasteiger partial charge < -0.3 is 16.0 Å². The number of anilines is 3. The molecule has 0 fully saturated rings. The van der Waals surface area contributed by atoms with Crippen molar-refractivity contribution in [3.8, 4) is 11.3 Å². The maximum Gasteiger partial charge on any atom is 0.171 e. The lowest BCUT2D eigenvalue weighted by Crippen LogP contribution is -2.28. The topological polar surface area (TPSA) is 61.9 Å². The van der Waals surface area contributed by atoms with Gasteiger partial charge in [-0.2, -0.15) is 0 Å². The highest BCUT2D eigenvalue weighted by molar-refractivity contribution is 7.80. The lowest BCUT2D eigenvalue weighted by Gasteiger charge is -2.11. The van der Waals surface area contributed by atoms with Crippen molar-refractivity contribution in [3.63, 3.8) is 0 Å². The van der Waals surface area contributed by atoms with E-state index in [0.717, 1.165) is 28.5 Å². The molecule has 0 atom stereocenters. The minimum Gasteiger partial charge on any atom is -0.359 e. The van der Waals surface area contributed by atoms with Crippen molar-refractivity contribution in [2.24, 2.45) is 0 Å². The summed E-state index contributed by atoms with van der Waals surface area (Å²) in [4.78, 5) is 8.62. The Kier molecular flexibility index (Phi) is 5.90. The summed E-state index contributed by atoms with van der Waals surface area (Å²) >= 11 is 5.20. The quantitative estimate of drug-likeness (QED) is 0.448. The molecule has 1 heterocycles. The zero-order chi connectivity index (χ0) is 18.2. The molecule has 0 aliphatic heterocycles. The summed E-state index contributed by atoms with van der Waals surface area (Å²) < 4.78 is 0. The summed E-state index contributed by atoms with van der Waals surface area (Å²) in [5.74, 6) is 0.739. The van der Waals surface area contributed by atoms with Crippen molar-refractivity contribution < 1.29 is 0 Å². The van der Waals surface area contributed by atoms with Gasteiger partial charge in [0.25, 0.3) is 0 Å². The van der Waals surface area contributed by atoms with E-state index in [4.69, 9.17) is 12.2 Å². The van der Waals surface area contributed by atoms with E-state index in [1.165, 1.54) is 0 Å². The minimum atomic E-state index is 0.564. The average Bonchev–Trinajstić information content (AvgIpc) is 2.69. The van der Waals surface area contributed by atoms with E-state index >= 15 is 0 Å². The fourth-order valence-electron chi connectivity index (χ4n) is 2.32. The highest BCUT2D eigenvalue weighted by Gasteiger charge is 2.03. The van der Waals surface area contributed by atoms with Crippen LogP contribution in [0.25, 0.3) is 11.3 Å². The molecule has 0 aliphatic rings. The molecule has 3 rings (SSSR count). The molecular weight excluding hydrogens is 342 g/mol. The molecule has 3 aromatic rings. The first kappa shape index (κ1) is 17.6. The minimum absolute atomic E-state index is 0.564. The van der Waals surface area contributed by atoms with Gasteiger partial charge in [-0.05, 0) is 36.5 Å². The number of hydrogen-bond acceptors (Lipinski definition) is 4. The number of thiocarbonyl (C=S) groups is 1. The lowest BCUT2D eigenvalue weighted by atomic mass is 10.1. The third kappa shape index (κ3) is 4.87. The molecular formula is C20H19N5S. The monoisotopic (exact) mass is 361 g/mol. The van der Waals surface area contributed by atoms with Gasteiger partial charge in [-0.3, -0.25) is 0 Å². The van der Waals surface area contributed by atoms with E-state index in [1.807, 2.05) is 60.7 Å². The van der Waals surface area contributed by atoms with Crippen molar-refractivity contribution in [2.45, 2.75) is 0 Å². The summed E-state index contributed by atoms with van der Waals surface area (Å²) in [7, 11) is 0. The molecule has 6 heteroatoms. The van der Waals surface area contributed by atoms with Gasteiger partial charge in [0.05, 0.1) is 5.69 Å². The highest BCUT2D eigenvalue weighted by atomic mass is 32.1. The Labute approximate surface area is 158 Å². The van der Waals surface area contributed by atoms with E-state index < -0.39 is 0 Å². The molecule has 0 unspecified atom stereocenters. The van der Waals surface area contributed by atoms with Gasteiger partial charge in [-0.15, -0.1) is 6.58 Å². The summed E-state index contributed by atoms with van der Waals surface area (Å²) in [5, 5.41) is 10.00. The van der Waals surface area contributed by atoms with E-state index in [1.54, 1.807) is 12.4 Å². The summed E-state index contributed by atoms with van der Waals surface area (Å²) in [5.41, 5.74) is 3.76. The Bertz CT molecular complexity index is 878. The van der Waals surface area contributed by atoms with Crippen LogP contribution < -0.4 is 16.0 Å². The Morgan fingerprint density at radius 3 is 2.46 bits per heavy atom. The van der Waals surface area contributed by atoms with Crippen LogP contribution in [0.5, 0.6) is 0 Å². The second-order valence-corrected chi connectivity index (χ2v) is 5.89. The average molecular weight is 361 g/mol. The van der Waals surface area contributed by atoms with E-state index in [9.17, 15) is 0 Å². The fourth-order valence-corrected chi connectivity index (χ4v) is 2.52. The molecule has 0 bridgehead atoms. The molecule has 0 amide bonds. The lowest BCUT2D eigenvalue weighted by molar-refractivity contribution is 1.06. The van der Waals surface area contributed by atoms with Gasteiger partial charge in [0.2, 0.25) is 0 Å². The standard InChI is InChI=1S/C20H19N5S/c1-2-12-21-20(26)25-17-10-8-16(9-11-17)24-19-13-18(22-14-23-19)15-6-4-3-5-7-15/h2-11,13-14H,1,12H2,(H2,21,25,26)(H,22,23,24). The molecule has 0 saturated heterocycles. The number of aromatic nitrogens is 2. The largest absolute Gasteiger partial charge is 0.359 e. The van der Waals surface area contributed by atoms with Crippen molar-refractivity contribution in [2.75, 3.05) is 17.2 Å². The molecule has 5 nitrogen and oxygen atoms in total. The Morgan fingerprint density at radius 2 is 1.73 bits per heavy atom. The molecule has 2 aromatic carbocycles. The third-order valence-corrected chi connectivity index (χ3v) is 3.81. The fraction of sp³-hybridized carbons (Fsp3) is 0.0500. The van der Waals surface area contributed by atoms with Gasteiger partial charge in [0, 0.05) is 29.5 Å². The molecule has 0 spiro atoms. The number of nitrogens with one attached hydrogen (secondary N) is 3. The van der Waals surface area contributed by atoms with Crippen LogP contribution in [-0.4, -0.2) is 21.6 Å². The van der Waals surface area contributed by atoms with Crippen molar-refractivity contribution >= 4 is 34.5 Å². The van der Waals surface area contributed by atoms with Gasteiger partial charge >= 0.3 is 0 Å². The van der Waals surface area contributed by atoms with Crippen LogP contribution >= 0.6 is 12.2 Å². The summed E-state index contributed by atoms with van der Waals surface area (Å²) in [6.45, 7) is 4.28. The second kappa shape index (κ2) is 8.73. The molecule has 26 heavy (non-hydrogen) atoms. The summed E-state index contributed by atoms with van der Waals surface area (Å²) in [6, 6.07) is 19.8. The van der Waals surface area contributed by atoms with Gasteiger partial charge in [0.1, 0.15) is 12.1 Å². The molecule has 3 N–H and O–H groups in total. The normalized spacial score (nSPS) is 10.0. The first-order chi connectivity index (χ1) is 12.7. The first-order valence-electron chi connectivity index (χ1n) is 8.15. The predicted octanol–water partition coefficient (Wildman–Crippen LogP) is 4.36. The Morgan fingerprint density at radius 1 is 1.00 bits per heavy atom. The van der Waals surface area contributed by atoms with Crippen LogP contribution in [0, 0.1) is 0 Å². The van der Waals surface area contributed by atoms with Crippen LogP contribution in [0.1, 0.15) is 0 Å². The van der Waals surface area contributed by atoms with E-state index in [-0.39, 0.29) is 0 Å². The van der Waals surface area contributed by atoms with Crippen LogP contribution in [0.3, 0.4) is 0 Å². The van der Waals surface area contributed by atoms with Crippen LogP contribution in [0.4, 0.5) is 17.2 Å². The number of nitrogens with zero attached hydrogens (tertiary/aromatic N) is 2. The Balaban J connectivity index is 1.66. The van der Waals surface area contributed by atoms with Crippen molar-refractivity contribution in [3.05, 3.63) is 79.6 Å². The van der Waals surface area contributed by atoms with Crippen LogP contribution in [0.15, 0.2) is 79.6 Å². The van der Waals surface area contributed by atoms with Crippen LogP contribution in [-0.2, 0) is 0 Å². The Hall–Kier alpha value is -3.25. The first-order valence-corrected chi connectivity index (χ1v) is 8.56. The van der Waals surface area contributed by atoms with Gasteiger partial charge in [-0.25, -0.2) is 9.97 Å². The van der Waals surface area contributed by atoms with Gasteiger partial charge in [-0.1, -0.05) is 36.4 Å². The smallest absolute Gasteiger partial charge is 0.171 e. The van der Waals surface area contributed by atoms with Crippen molar-refractivity contribution in [1.82, 2.24) is 15.3 Å². The molecule has 1 aromatic heterocycles.